The number of rotatable bonds is 7. The van der Waals surface area contributed by atoms with Gasteiger partial charge in [-0.15, -0.1) is 0 Å². The molecule has 2 aromatic carbocycles. The van der Waals surface area contributed by atoms with E-state index in [4.69, 9.17) is 9.47 Å². The average molecular weight is 329 g/mol. The second kappa shape index (κ2) is 7.96. The highest BCUT2D eigenvalue weighted by molar-refractivity contribution is 5.81. The molecule has 2 rings (SSSR count). The molecule has 0 aliphatic rings. The van der Waals surface area contributed by atoms with E-state index in [-0.39, 0.29) is 11.8 Å². The largest absolute Gasteiger partial charge is 0.493 e. The van der Waals surface area contributed by atoms with Crippen molar-refractivity contribution < 1.29 is 14.4 Å². The van der Waals surface area contributed by atoms with Crippen molar-refractivity contribution in [3.8, 4) is 11.5 Å². The van der Waals surface area contributed by atoms with Crippen LogP contribution in [0.25, 0.3) is 0 Å². The maximum absolute atomic E-state index is 10.6. The van der Waals surface area contributed by atoms with Crippen LogP contribution in [0.3, 0.4) is 0 Å². The highest BCUT2D eigenvalue weighted by Crippen LogP contribution is 2.28. The first kappa shape index (κ1) is 17.3. The molecule has 0 aliphatic heterocycles. The first-order valence-electron chi connectivity index (χ1n) is 7.38. The fraction of sp³-hybridized carbons (Fsp3) is 0.235. The molecule has 0 unspecified atom stereocenters. The van der Waals surface area contributed by atoms with Gasteiger partial charge < -0.3 is 9.47 Å². The zero-order valence-corrected chi connectivity index (χ0v) is 13.7. The van der Waals surface area contributed by atoms with E-state index in [9.17, 15) is 10.1 Å². The normalized spacial score (nSPS) is 10.8. The van der Waals surface area contributed by atoms with Gasteiger partial charge in [0.1, 0.15) is 0 Å². The van der Waals surface area contributed by atoms with Crippen LogP contribution in [-0.4, -0.2) is 24.4 Å². The zero-order valence-electron chi connectivity index (χ0n) is 13.7. The van der Waals surface area contributed by atoms with Crippen molar-refractivity contribution in [2.75, 3.05) is 12.5 Å². The predicted octanol–water partition coefficient (Wildman–Crippen LogP) is 3.84. The van der Waals surface area contributed by atoms with Gasteiger partial charge in [-0.2, -0.15) is 5.10 Å². The number of hydrogen-bond donors (Lipinski definition) is 1. The molecule has 0 radical (unpaired) electrons. The lowest BCUT2D eigenvalue weighted by Crippen LogP contribution is -2.06. The van der Waals surface area contributed by atoms with Gasteiger partial charge >= 0.3 is 0 Å². The summed E-state index contributed by atoms with van der Waals surface area (Å²) in [6, 6.07) is 11.5. The molecule has 1 N–H and O–H groups in total. The highest BCUT2D eigenvalue weighted by Gasteiger charge is 2.07. The molecule has 7 heteroatoms. The zero-order chi connectivity index (χ0) is 17.5. The van der Waals surface area contributed by atoms with Gasteiger partial charge in [-0.1, -0.05) is 0 Å². The molecule has 0 saturated heterocycles. The fourth-order valence-corrected chi connectivity index (χ4v) is 1.95. The van der Waals surface area contributed by atoms with E-state index < -0.39 is 4.92 Å². The third-order valence-electron chi connectivity index (χ3n) is 3.04. The van der Waals surface area contributed by atoms with Crippen LogP contribution in [0.5, 0.6) is 11.5 Å². The second-order valence-corrected chi connectivity index (χ2v) is 5.25. The number of nitrogens with one attached hydrogen (secondary N) is 1. The molecular weight excluding hydrogens is 310 g/mol. The summed E-state index contributed by atoms with van der Waals surface area (Å²) in [6.45, 7) is 3.89. The van der Waals surface area contributed by atoms with Crippen molar-refractivity contribution in [3.63, 3.8) is 0 Å². The van der Waals surface area contributed by atoms with E-state index in [1.165, 1.54) is 12.1 Å². The lowest BCUT2D eigenvalue weighted by molar-refractivity contribution is -0.384. The molecule has 0 atom stereocenters. The van der Waals surface area contributed by atoms with Crippen molar-refractivity contribution >= 4 is 17.6 Å². The summed E-state index contributed by atoms with van der Waals surface area (Å²) in [5.41, 5.74) is 4.34. The number of non-ortho nitro benzene ring substituents is 1. The van der Waals surface area contributed by atoms with Gasteiger partial charge in [-0.25, -0.2) is 0 Å². The summed E-state index contributed by atoms with van der Waals surface area (Å²) in [5.74, 6) is 1.30. The van der Waals surface area contributed by atoms with Gasteiger partial charge in [0, 0.05) is 12.1 Å². The molecule has 0 aliphatic carbocycles. The monoisotopic (exact) mass is 329 g/mol. The van der Waals surface area contributed by atoms with Gasteiger partial charge in [0.25, 0.3) is 5.69 Å². The van der Waals surface area contributed by atoms with Gasteiger partial charge in [0.2, 0.25) is 0 Å². The van der Waals surface area contributed by atoms with Crippen LogP contribution >= 0.6 is 0 Å². The minimum atomic E-state index is -0.444. The van der Waals surface area contributed by atoms with Crippen LogP contribution in [-0.2, 0) is 0 Å². The van der Waals surface area contributed by atoms with Gasteiger partial charge in [-0.05, 0) is 49.7 Å². The SMILES string of the molecule is COc1cc(/C=N/Nc2ccc([N+](=O)[O-])cc2)ccc1OC(C)C. The van der Waals surface area contributed by atoms with E-state index in [2.05, 4.69) is 10.5 Å². The highest BCUT2D eigenvalue weighted by atomic mass is 16.6. The number of nitrogens with zero attached hydrogens (tertiary/aromatic N) is 2. The third-order valence-corrected chi connectivity index (χ3v) is 3.04. The molecule has 0 amide bonds. The summed E-state index contributed by atoms with van der Waals surface area (Å²) in [4.78, 5) is 10.2. The van der Waals surface area contributed by atoms with Crippen molar-refractivity contribution in [1.82, 2.24) is 0 Å². The molecule has 0 bridgehead atoms. The third kappa shape index (κ3) is 4.70. The molecule has 0 spiro atoms. The first-order valence-corrected chi connectivity index (χ1v) is 7.38. The van der Waals surface area contributed by atoms with Crippen LogP contribution in [0.2, 0.25) is 0 Å². The number of anilines is 1. The van der Waals surface area contributed by atoms with Crippen LogP contribution < -0.4 is 14.9 Å². The Morgan fingerprint density at radius 3 is 2.46 bits per heavy atom. The maximum atomic E-state index is 10.6. The van der Waals surface area contributed by atoms with Crippen molar-refractivity contribution in [2.24, 2.45) is 5.10 Å². The Morgan fingerprint density at radius 1 is 1.17 bits per heavy atom. The summed E-state index contributed by atoms with van der Waals surface area (Å²) >= 11 is 0. The predicted molar refractivity (Wildman–Crippen MR) is 93.1 cm³/mol. The van der Waals surface area contributed by atoms with Gasteiger partial charge in [0.15, 0.2) is 11.5 Å². The van der Waals surface area contributed by atoms with Gasteiger partial charge in [-0.3, -0.25) is 15.5 Å². The molecule has 24 heavy (non-hydrogen) atoms. The maximum Gasteiger partial charge on any atom is 0.269 e. The Hall–Kier alpha value is -3.09. The first-order chi connectivity index (χ1) is 11.5. The van der Waals surface area contributed by atoms with E-state index >= 15 is 0 Å². The molecule has 7 nitrogen and oxygen atoms in total. The number of benzene rings is 2. The Bertz CT molecular complexity index is 727. The molecule has 2 aromatic rings. The average Bonchev–Trinajstić information content (AvgIpc) is 2.56. The van der Waals surface area contributed by atoms with E-state index in [0.29, 0.717) is 17.2 Å². The molecule has 0 heterocycles. The van der Waals surface area contributed by atoms with Crippen LogP contribution in [0, 0.1) is 10.1 Å². The van der Waals surface area contributed by atoms with Crippen LogP contribution in [0.1, 0.15) is 19.4 Å². The summed E-state index contributed by atoms with van der Waals surface area (Å²) in [6.07, 6.45) is 1.69. The summed E-state index contributed by atoms with van der Waals surface area (Å²) < 4.78 is 11.0. The van der Waals surface area contributed by atoms with E-state index in [0.717, 1.165) is 5.56 Å². The number of ether oxygens (including phenoxy) is 2. The minimum Gasteiger partial charge on any atom is -0.493 e. The van der Waals surface area contributed by atoms with Crippen molar-refractivity contribution in [3.05, 3.63) is 58.1 Å². The van der Waals surface area contributed by atoms with E-state index in [1.54, 1.807) is 25.5 Å². The van der Waals surface area contributed by atoms with Crippen molar-refractivity contribution in [1.29, 1.82) is 0 Å². The van der Waals surface area contributed by atoms with Gasteiger partial charge in [0.05, 0.1) is 30.0 Å². The Morgan fingerprint density at radius 2 is 1.88 bits per heavy atom. The minimum absolute atomic E-state index is 0.0370. The number of nitro groups is 1. The topological polar surface area (TPSA) is 86.0 Å². The molecule has 0 saturated carbocycles. The quantitative estimate of drug-likeness (QED) is 0.474. The molecule has 0 fully saturated rings. The smallest absolute Gasteiger partial charge is 0.269 e. The number of nitro benzene ring substituents is 1. The standard InChI is InChI=1S/C17H19N3O4/c1-12(2)24-16-9-4-13(10-17(16)23-3)11-18-19-14-5-7-15(8-6-14)20(21)22/h4-12,19H,1-3H3/b18-11+. The Kier molecular flexibility index (Phi) is 5.73. The Labute approximate surface area is 140 Å². The van der Waals surface area contributed by atoms with Crippen LogP contribution in [0.4, 0.5) is 11.4 Å². The number of hydrogen-bond acceptors (Lipinski definition) is 6. The fourth-order valence-electron chi connectivity index (χ4n) is 1.95. The lowest BCUT2D eigenvalue weighted by atomic mass is 10.2. The molecule has 126 valence electrons. The summed E-state index contributed by atoms with van der Waals surface area (Å²) in [5, 5.41) is 14.7. The second-order valence-electron chi connectivity index (χ2n) is 5.25. The number of hydrazone groups is 1. The number of methoxy groups -OCH3 is 1. The lowest BCUT2D eigenvalue weighted by Gasteiger charge is -2.13. The summed E-state index contributed by atoms with van der Waals surface area (Å²) in [7, 11) is 1.58. The molecular formula is C17H19N3O4. The molecule has 0 aromatic heterocycles. The Balaban J connectivity index is 2.04. The van der Waals surface area contributed by atoms with Crippen molar-refractivity contribution in [2.45, 2.75) is 20.0 Å². The van der Waals surface area contributed by atoms with E-state index in [1.807, 2.05) is 32.0 Å². The van der Waals surface area contributed by atoms with Crippen LogP contribution in [0.15, 0.2) is 47.6 Å².